The van der Waals surface area contributed by atoms with Crippen LogP contribution in [0.25, 0.3) is 20.0 Å². The molecule has 0 aliphatic carbocycles. The molecule has 0 unspecified atom stereocenters. The molecule has 1 aromatic carbocycles. The van der Waals surface area contributed by atoms with E-state index >= 15 is 0 Å². The Labute approximate surface area is 163 Å². The van der Waals surface area contributed by atoms with Crippen molar-refractivity contribution in [2.45, 2.75) is 12.5 Å². The minimum atomic E-state index is 0.0129. The van der Waals surface area contributed by atoms with E-state index in [2.05, 4.69) is 32.6 Å². The molecule has 8 heteroatoms. The van der Waals surface area contributed by atoms with Gasteiger partial charge < -0.3 is 11.1 Å². The van der Waals surface area contributed by atoms with E-state index in [0.29, 0.717) is 11.6 Å². The zero-order valence-electron chi connectivity index (χ0n) is 13.7. The summed E-state index contributed by atoms with van der Waals surface area (Å²) in [5, 5.41) is 15.1. The van der Waals surface area contributed by atoms with Gasteiger partial charge in [0.1, 0.15) is 0 Å². The third-order valence-electron chi connectivity index (χ3n) is 3.89. The predicted molar refractivity (Wildman–Crippen MR) is 110 cm³/mol. The van der Waals surface area contributed by atoms with Crippen molar-refractivity contribution >= 4 is 49.5 Å². The van der Waals surface area contributed by atoms with Gasteiger partial charge in [0.15, 0.2) is 5.01 Å². The number of pyridine rings is 1. The Morgan fingerprint density at radius 3 is 2.77 bits per heavy atom. The third kappa shape index (κ3) is 3.86. The zero-order valence-corrected chi connectivity index (χ0v) is 16.1. The number of anilines is 1. The van der Waals surface area contributed by atoms with Crippen LogP contribution in [0.5, 0.6) is 0 Å². The van der Waals surface area contributed by atoms with Gasteiger partial charge in [-0.3, -0.25) is 4.98 Å². The fourth-order valence-electron chi connectivity index (χ4n) is 2.63. The van der Waals surface area contributed by atoms with Crippen molar-refractivity contribution in [3.05, 3.63) is 59.4 Å². The van der Waals surface area contributed by atoms with Crippen LogP contribution in [0.15, 0.2) is 48.8 Å². The van der Waals surface area contributed by atoms with Crippen LogP contribution in [-0.4, -0.2) is 27.8 Å². The van der Waals surface area contributed by atoms with Crippen molar-refractivity contribution in [3.8, 4) is 9.88 Å². The summed E-state index contributed by atoms with van der Waals surface area (Å²) < 4.78 is 1.04. The summed E-state index contributed by atoms with van der Waals surface area (Å²) >= 11 is 9.33. The van der Waals surface area contributed by atoms with Crippen molar-refractivity contribution in [1.29, 1.82) is 0 Å². The van der Waals surface area contributed by atoms with Crippen LogP contribution < -0.4 is 11.1 Å². The van der Waals surface area contributed by atoms with Crippen LogP contribution in [0.3, 0.4) is 0 Å². The summed E-state index contributed by atoms with van der Waals surface area (Å²) in [7, 11) is 0. The average Bonchev–Trinajstić information content (AvgIpc) is 3.28. The second-order valence-corrected chi connectivity index (χ2v) is 8.36. The van der Waals surface area contributed by atoms with Crippen LogP contribution in [0.2, 0.25) is 5.02 Å². The summed E-state index contributed by atoms with van der Waals surface area (Å²) in [6.45, 7) is 0.645. The number of hydrogen-bond donors (Lipinski definition) is 2. The van der Waals surface area contributed by atoms with E-state index in [4.69, 9.17) is 17.3 Å². The Kier molecular flexibility index (Phi) is 5.12. The van der Waals surface area contributed by atoms with Crippen LogP contribution in [-0.2, 0) is 6.42 Å². The van der Waals surface area contributed by atoms with Gasteiger partial charge in [-0.15, -0.1) is 21.5 Å². The van der Waals surface area contributed by atoms with Gasteiger partial charge in [0.2, 0.25) is 5.13 Å². The fraction of sp³-hybridized carbons (Fsp3) is 0.167. The third-order valence-corrected chi connectivity index (χ3v) is 6.31. The van der Waals surface area contributed by atoms with Crippen molar-refractivity contribution < 1.29 is 0 Å². The minimum absolute atomic E-state index is 0.0129. The van der Waals surface area contributed by atoms with Crippen LogP contribution in [0.4, 0.5) is 5.13 Å². The summed E-state index contributed by atoms with van der Waals surface area (Å²) in [5.74, 6) is 0. The molecular weight excluding hydrogens is 386 g/mol. The van der Waals surface area contributed by atoms with Crippen molar-refractivity contribution in [1.82, 2.24) is 15.2 Å². The lowest BCUT2D eigenvalue weighted by atomic mass is 10.1. The molecule has 4 rings (SSSR count). The van der Waals surface area contributed by atoms with Crippen LogP contribution in [0.1, 0.15) is 5.56 Å². The molecule has 4 aromatic rings. The first-order chi connectivity index (χ1) is 12.7. The Hall–Kier alpha value is -2.06. The Morgan fingerprint density at radius 2 is 1.96 bits per heavy atom. The number of rotatable bonds is 6. The van der Waals surface area contributed by atoms with Gasteiger partial charge in [-0.2, -0.15) is 0 Å². The molecule has 132 valence electrons. The molecule has 5 nitrogen and oxygen atoms in total. The lowest BCUT2D eigenvalue weighted by Gasteiger charge is -2.11. The summed E-state index contributed by atoms with van der Waals surface area (Å²) in [6.07, 6.45) is 4.29. The molecule has 0 radical (unpaired) electrons. The highest BCUT2D eigenvalue weighted by atomic mass is 35.5. The number of fused-ring (bicyclic) bond motifs is 1. The number of halogens is 1. The van der Waals surface area contributed by atoms with Crippen LogP contribution >= 0.6 is 34.3 Å². The largest absolute Gasteiger partial charge is 0.359 e. The molecule has 0 saturated carbocycles. The molecule has 3 N–H and O–H groups in total. The Bertz CT molecular complexity index is 1010. The van der Waals surface area contributed by atoms with E-state index in [1.807, 2.05) is 30.5 Å². The molecular formula is C18H16ClN5S2. The number of nitrogens with two attached hydrogens (primary N) is 1. The molecule has 0 amide bonds. The lowest BCUT2D eigenvalue weighted by Crippen LogP contribution is -2.31. The first kappa shape index (κ1) is 17.4. The highest BCUT2D eigenvalue weighted by molar-refractivity contribution is 7.26. The predicted octanol–water partition coefficient (Wildman–Crippen LogP) is 4.45. The second-order valence-electron chi connectivity index (χ2n) is 5.89. The number of hydrogen-bond acceptors (Lipinski definition) is 7. The maximum atomic E-state index is 6.21. The second kappa shape index (κ2) is 7.67. The monoisotopic (exact) mass is 401 g/mol. The first-order valence-corrected chi connectivity index (χ1v) is 10.1. The zero-order chi connectivity index (χ0) is 17.9. The Balaban J connectivity index is 1.42. The van der Waals surface area contributed by atoms with Gasteiger partial charge in [0, 0.05) is 30.4 Å². The molecule has 26 heavy (non-hydrogen) atoms. The van der Waals surface area contributed by atoms with Gasteiger partial charge in [-0.05, 0) is 18.1 Å². The Morgan fingerprint density at radius 1 is 1.12 bits per heavy atom. The molecule has 3 heterocycles. The van der Waals surface area contributed by atoms with Gasteiger partial charge in [-0.1, -0.05) is 53.3 Å². The molecule has 0 saturated heterocycles. The summed E-state index contributed by atoms with van der Waals surface area (Å²) in [5.41, 5.74) is 7.45. The smallest absolute Gasteiger partial charge is 0.206 e. The molecule has 1 atom stereocenters. The van der Waals surface area contributed by atoms with E-state index in [0.717, 1.165) is 31.5 Å². The molecule has 0 aliphatic heterocycles. The normalized spacial score (nSPS) is 12.4. The number of benzene rings is 1. The van der Waals surface area contributed by atoms with Gasteiger partial charge in [-0.25, -0.2) is 0 Å². The SMILES string of the molecule is N[C@H](CNc1nnc(-c2cc3c(Cl)cncc3s2)s1)Cc1ccccc1. The molecule has 3 aromatic heterocycles. The molecule has 0 spiro atoms. The highest BCUT2D eigenvalue weighted by Gasteiger charge is 2.13. The summed E-state index contributed by atoms with van der Waals surface area (Å²) in [4.78, 5) is 5.16. The number of aromatic nitrogens is 3. The molecule has 0 aliphatic rings. The van der Waals surface area contributed by atoms with Gasteiger partial charge >= 0.3 is 0 Å². The van der Waals surface area contributed by atoms with Crippen molar-refractivity contribution in [2.24, 2.45) is 5.73 Å². The number of nitrogens with one attached hydrogen (secondary N) is 1. The first-order valence-electron chi connectivity index (χ1n) is 8.09. The molecule has 0 bridgehead atoms. The van der Waals surface area contributed by atoms with E-state index in [-0.39, 0.29) is 6.04 Å². The maximum absolute atomic E-state index is 6.21. The molecule has 0 fully saturated rings. The maximum Gasteiger partial charge on any atom is 0.206 e. The van der Waals surface area contributed by atoms with Crippen LogP contribution in [0, 0.1) is 0 Å². The van der Waals surface area contributed by atoms with Crippen molar-refractivity contribution in [2.75, 3.05) is 11.9 Å². The quantitative estimate of drug-likeness (QED) is 0.499. The van der Waals surface area contributed by atoms with Gasteiger partial charge in [0.05, 0.1) is 14.6 Å². The van der Waals surface area contributed by atoms with E-state index in [1.54, 1.807) is 17.5 Å². The minimum Gasteiger partial charge on any atom is -0.359 e. The van der Waals surface area contributed by atoms with E-state index in [9.17, 15) is 0 Å². The lowest BCUT2D eigenvalue weighted by molar-refractivity contribution is 0.698. The number of thiophene rings is 1. The standard InChI is InChI=1S/C18H16ClN5S2/c19-14-9-21-10-16-13(14)7-15(25-16)17-23-24-18(26-17)22-8-12(20)6-11-4-2-1-3-5-11/h1-5,7,9-10,12H,6,8,20H2,(H,22,24)/t12-/m0/s1. The van der Waals surface area contributed by atoms with E-state index < -0.39 is 0 Å². The number of nitrogens with zero attached hydrogens (tertiary/aromatic N) is 3. The summed E-state index contributed by atoms with van der Waals surface area (Å²) in [6, 6.07) is 12.3. The average molecular weight is 402 g/mol. The fourth-order valence-corrected chi connectivity index (χ4v) is 4.75. The van der Waals surface area contributed by atoms with Crippen molar-refractivity contribution in [3.63, 3.8) is 0 Å². The van der Waals surface area contributed by atoms with Gasteiger partial charge in [0.25, 0.3) is 0 Å². The topological polar surface area (TPSA) is 76.7 Å². The van der Waals surface area contributed by atoms with E-state index in [1.165, 1.54) is 16.9 Å². The highest BCUT2D eigenvalue weighted by Crippen LogP contribution is 2.38.